The monoisotopic (exact) mass is 475 g/mol. The third-order valence-corrected chi connectivity index (χ3v) is 7.30. The summed E-state index contributed by atoms with van der Waals surface area (Å²) < 4.78 is 16.5. The summed E-state index contributed by atoms with van der Waals surface area (Å²) in [5, 5.41) is 3.85. The lowest BCUT2D eigenvalue weighted by atomic mass is 9.83. The fourth-order valence-electron chi connectivity index (χ4n) is 5.38. The highest BCUT2D eigenvalue weighted by Crippen LogP contribution is 2.35. The van der Waals surface area contributed by atoms with Crippen LogP contribution in [-0.2, 0) is 15.9 Å². The molecule has 2 aliphatic rings. The van der Waals surface area contributed by atoms with Gasteiger partial charge in [0.15, 0.2) is 5.82 Å². The zero-order valence-corrected chi connectivity index (χ0v) is 20.3. The van der Waals surface area contributed by atoms with Crippen molar-refractivity contribution in [2.24, 2.45) is 5.92 Å². The second-order valence-corrected chi connectivity index (χ2v) is 9.88. The van der Waals surface area contributed by atoms with Crippen molar-refractivity contribution in [1.82, 2.24) is 10.1 Å². The quantitative estimate of drug-likeness (QED) is 0.347. The van der Waals surface area contributed by atoms with E-state index in [0.29, 0.717) is 11.9 Å². The molecule has 1 saturated heterocycles. The van der Waals surface area contributed by atoms with Gasteiger partial charge >= 0.3 is 5.76 Å². The maximum absolute atomic E-state index is 11.4. The molecule has 5 rings (SSSR count). The van der Waals surface area contributed by atoms with E-state index in [1.807, 2.05) is 24.3 Å². The van der Waals surface area contributed by atoms with E-state index < -0.39 is 5.76 Å². The molecule has 1 aliphatic carbocycles. The summed E-state index contributed by atoms with van der Waals surface area (Å²) in [6, 6.07) is 16.6. The molecule has 0 bridgehead atoms. The van der Waals surface area contributed by atoms with Crippen molar-refractivity contribution in [3.63, 3.8) is 0 Å². The Morgan fingerprint density at radius 1 is 1.00 bits per heavy atom. The summed E-state index contributed by atoms with van der Waals surface area (Å²) in [5.41, 5.74) is 4.34. The third-order valence-electron chi connectivity index (χ3n) is 7.30. The van der Waals surface area contributed by atoms with Gasteiger partial charge in [-0.2, -0.15) is 0 Å². The normalized spacial score (nSPS) is 20.9. The van der Waals surface area contributed by atoms with E-state index in [1.165, 1.54) is 50.2 Å². The van der Waals surface area contributed by atoms with E-state index in [4.69, 9.17) is 14.0 Å². The molecule has 1 aliphatic heterocycles. The molecule has 6 heteroatoms. The number of unbranched alkanes of at least 4 members (excludes halogenated alkanes) is 1. The Labute approximate surface area is 207 Å². The van der Waals surface area contributed by atoms with E-state index >= 15 is 0 Å². The van der Waals surface area contributed by atoms with E-state index in [9.17, 15) is 4.79 Å². The van der Waals surface area contributed by atoms with Crippen LogP contribution in [-0.4, -0.2) is 29.5 Å². The highest BCUT2D eigenvalue weighted by atomic mass is 16.5. The second-order valence-electron chi connectivity index (χ2n) is 9.88. The Morgan fingerprint density at radius 2 is 1.86 bits per heavy atom. The predicted octanol–water partition coefficient (Wildman–Crippen LogP) is 6.33. The molecule has 0 amide bonds. The predicted molar refractivity (Wildman–Crippen MR) is 136 cm³/mol. The van der Waals surface area contributed by atoms with Crippen molar-refractivity contribution in [3.8, 4) is 22.5 Å². The largest absolute Gasteiger partial charge is 0.439 e. The molecular formula is C29H35N2O4. The van der Waals surface area contributed by atoms with Gasteiger partial charge in [-0.15, -0.1) is 0 Å². The van der Waals surface area contributed by atoms with Crippen molar-refractivity contribution in [1.29, 1.82) is 0 Å². The van der Waals surface area contributed by atoms with Gasteiger partial charge in [-0.1, -0.05) is 79.4 Å². The molecule has 2 atom stereocenters. The maximum atomic E-state index is 11.4. The minimum Gasteiger partial charge on any atom is -0.376 e. The first-order valence-corrected chi connectivity index (χ1v) is 13.1. The Morgan fingerprint density at radius 3 is 2.63 bits per heavy atom. The number of aryl methyl sites for hydroxylation is 1. The molecule has 2 heterocycles. The van der Waals surface area contributed by atoms with Crippen LogP contribution in [0.5, 0.6) is 0 Å². The lowest BCUT2D eigenvalue weighted by Crippen LogP contribution is -2.21. The van der Waals surface area contributed by atoms with Gasteiger partial charge in [0, 0.05) is 12.2 Å². The van der Waals surface area contributed by atoms with Crippen LogP contribution in [0.4, 0.5) is 0 Å². The fourth-order valence-corrected chi connectivity index (χ4v) is 5.38. The maximum Gasteiger partial charge on any atom is 0.439 e. The standard InChI is InChI=1S/C29H35N2O4/c32-29-30-28(31-35-29)27-13-4-3-12-26(27)23-16-14-21(15-17-23)7-1-2-8-22-9-5-10-24(19-22)34-20-25-11-6-18-33-25/h3-4,12-17,22,25H,1-2,5-11,18-20H2,(H,30,31,32). The number of ether oxygens (including phenoxy) is 2. The van der Waals surface area contributed by atoms with Crippen LogP contribution in [0, 0.1) is 12.0 Å². The van der Waals surface area contributed by atoms with Gasteiger partial charge in [-0.05, 0) is 61.1 Å². The summed E-state index contributed by atoms with van der Waals surface area (Å²) in [6.07, 6.45) is 13.6. The Kier molecular flexibility index (Phi) is 8.11. The van der Waals surface area contributed by atoms with Gasteiger partial charge in [0.25, 0.3) is 0 Å². The van der Waals surface area contributed by atoms with Crippen molar-refractivity contribution in [2.45, 2.75) is 70.3 Å². The number of nitrogens with zero attached hydrogens (tertiary/aromatic N) is 1. The van der Waals surface area contributed by atoms with Crippen molar-refractivity contribution in [2.75, 3.05) is 13.2 Å². The molecule has 1 aromatic heterocycles. The molecule has 2 aromatic carbocycles. The molecular weight excluding hydrogens is 440 g/mol. The van der Waals surface area contributed by atoms with Crippen LogP contribution in [0.2, 0.25) is 0 Å². The molecule has 3 aromatic rings. The molecule has 1 radical (unpaired) electrons. The molecule has 2 unspecified atom stereocenters. The number of hydrogen-bond donors (Lipinski definition) is 1. The number of H-pyrrole nitrogens is 1. The third kappa shape index (κ3) is 6.50. The summed E-state index contributed by atoms with van der Waals surface area (Å²) in [7, 11) is 0. The average molecular weight is 476 g/mol. The lowest BCUT2D eigenvalue weighted by molar-refractivity contribution is 0.00697. The minimum atomic E-state index is -0.543. The van der Waals surface area contributed by atoms with Crippen molar-refractivity contribution < 1.29 is 14.0 Å². The summed E-state index contributed by atoms with van der Waals surface area (Å²) >= 11 is 0. The highest BCUT2D eigenvalue weighted by Gasteiger charge is 2.25. The van der Waals surface area contributed by atoms with E-state index in [1.54, 1.807) is 0 Å². The van der Waals surface area contributed by atoms with Crippen molar-refractivity contribution in [3.05, 3.63) is 70.7 Å². The molecule has 0 spiro atoms. The van der Waals surface area contributed by atoms with Crippen LogP contribution < -0.4 is 5.76 Å². The highest BCUT2D eigenvalue weighted by molar-refractivity contribution is 5.80. The first kappa shape index (κ1) is 24.0. The summed E-state index contributed by atoms with van der Waals surface area (Å²) in [4.78, 5) is 14.0. The molecule has 35 heavy (non-hydrogen) atoms. The molecule has 1 N–H and O–H groups in total. The molecule has 6 nitrogen and oxygen atoms in total. The summed E-state index contributed by atoms with van der Waals surface area (Å²) in [6.45, 7) is 1.64. The van der Waals surface area contributed by atoms with E-state index in [2.05, 4.69) is 34.4 Å². The Balaban J connectivity index is 1.08. The molecule has 1 saturated carbocycles. The summed E-state index contributed by atoms with van der Waals surface area (Å²) in [5.74, 6) is 0.679. The molecule has 2 fully saturated rings. The number of hydrogen-bond acceptors (Lipinski definition) is 5. The fraction of sp³-hybridized carbons (Fsp3) is 0.483. The minimum absolute atomic E-state index is 0.314. The number of nitrogens with one attached hydrogen (secondary N) is 1. The van der Waals surface area contributed by atoms with Crippen LogP contribution in [0.3, 0.4) is 0 Å². The van der Waals surface area contributed by atoms with E-state index in [-0.39, 0.29) is 0 Å². The van der Waals surface area contributed by atoms with E-state index in [0.717, 1.165) is 61.5 Å². The van der Waals surface area contributed by atoms with Gasteiger partial charge in [0.2, 0.25) is 0 Å². The van der Waals surface area contributed by atoms with Crippen LogP contribution >= 0.6 is 0 Å². The van der Waals surface area contributed by atoms with Gasteiger partial charge in [0.05, 0.1) is 18.8 Å². The zero-order chi connectivity index (χ0) is 23.9. The lowest BCUT2D eigenvalue weighted by Gasteiger charge is -2.29. The van der Waals surface area contributed by atoms with Gasteiger partial charge in [0.1, 0.15) is 0 Å². The first-order chi connectivity index (χ1) is 17.2. The van der Waals surface area contributed by atoms with Crippen LogP contribution in [0.25, 0.3) is 22.5 Å². The van der Waals surface area contributed by atoms with Gasteiger partial charge < -0.3 is 9.47 Å². The number of benzene rings is 2. The van der Waals surface area contributed by atoms with Gasteiger partial charge in [-0.3, -0.25) is 9.51 Å². The first-order valence-electron chi connectivity index (χ1n) is 13.1. The zero-order valence-electron chi connectivity index (χ0n) is 20.3. The number of aromatic amines is 1. The van der Waals surface area contributed by atoms with Crippen LogP contribution in [0.1, 0.15) is 63.4 Å². The Hall–Kier alpha value is -2.70. The van der Waals surface area contributed by atoms with Gasteiger partial charge in [-0.25, -0.2) is 4.79 Å². The SMILES string of the molecule is O=c1[nH]c(-c2ccccc2-c2ccc(CCCCC3CCC[C](OCC4CCCO4)C3)cc2)no1. The van der Waals surface area contributed by atoms with Crippen molar-refractivity contribution >= 4 is 0 Å². The molecule has 185 valence electrons. The van der Waals surface area contributed by atoms with Crippen LogP contribution in [0.15, 0.2) is 57.8 Å². The number of aromatic nitrogens is 2. The average Bonchev–Trinajstić information content (AvgIpc) is 3.58. The number of rotatable bonds is 10. The Bertz CT molecular complexity index is 1110. The smallest absolute Gasteiger partial charge is 0.376 e. The topological polar surface area (TPSA) is 77.4 Å². The second kappa shape index (κ2) is 11.8.